The van der Waals surface area contributed by atoms with Crippen molar-refractivity contribution in [3.63, 3.8) is 0 Å². The van der Waals surface area contributed by atoms with Gasteiger partial charge < -0.3 is 4.98 Å². The normalized spacial score (nSPS) is 30.8. The molecule has 1 N–H and O–H groups in total. The zero-order valence-electron chi connectivity index (χ0n) is 13.7. The lowest BCUT2D eigenvalue weighted by Gasteiger charge is -2.17. The Hall–Kier alpha value is -2.36. The van der Waals surface area contributed by atoms with E-state index >= 15 is 0 Å². The molecule has 1 aliphatic heterocycles. The fraction of sp³-hybridized carbons (Fsp3) is 0.400. The highest BCUT2D eigenvalue weighted by Gasteiger charge is 2.58. The topological polar surface area (TPSA) is 53.2 Å². The van der Waals surface area contributed by atoms with E-state index in [2.05, 4.69) is 36.2 Å². The molecule has 4 heteroatoms. The molecule has 5 rings (SSSR count). The number of fused-ring (bicyclic) bond motifs is 6. The third-order valence-electron chi connectivity index (χ3n) is 6.17. The number of aromatic amines is 1. The summed E-state index contributed by atoms with van der Waals surface area (Å²) >= 11 is 0. The van der Waals surface area contributed by atoms with E-state index in [-0.39, 0.29) is 35.5 Å². The number of imide groups is 1. The fourth-order valence-corrected chi connectivity index (χ4v) is 5.06. The second-order valence-electron chi connectivity index (χ2n) is 7.35. The van der Waals surface area contributed by atoms with Crippen molar-refractivity contribution in [2.75, 3.05) is 6.54 Å². The zero-order valence-corrected chi connectivity index (χ0v) is 13.7. The van der Waals surface area contributed by atoms with Crippen LogP contribution in [-0.2, 0) is 16.0 Å². The first-order valence-electron chi connectivity index (χ1n) is 8.75. The number of aryl methyl sites for hydroxylation is 1. The van der Waals surface area contributed by atoms with Gasteiger partial charge in [-0.05, 0) is 43.2 Å². The molecule has 0 unspecified atom stereocenters. The summed E-state index contributed by atoms with van der Waals surface area (Å²) in [4.78, 5) is 30.4. The molecule has 1 saturated heterocycles. The number of benzene rings is 1. The zero-order chi connectivity index (χ0) is 16.4. The summed E-state index contributed by atoms with van der Waals surface area (Å²) in [6.45, 7) is 2.55. The molecule has 1 aromatic heterocycles. The number of likely N-dealkylation sites (tertiary alicyclic amines) is 1. The number of allylic oxidation sites excluding steroid dienone is 2. The molecule has 0 spiro atoms. The van der Waals surface area contributed by atoms with Crippen LogP contribution < -0.4 is 0 Å². The molecule has 24 heavy (non-hydrogen) atoms. The monoisotopic (exact) mass is 320 g/mol. The number of nitrogens with zero attached hydrogens (tertiary/aromatic N) is 1. The van der Waals surface area contributed by atoms with Crippen LogP contribution in [0, 0.1) is 30.6 Å². The number of amides is 2. The van der Waals surface area contributed by atoms with Gasteiger partial charge in [-0.3, -0.25) is 14.5 Å². The highest BCUT2D eigenvalue weighted by molar-refractivity contribution is 6.06. The summed E-state index contributed by atoms with van der Waals surface area (Å²) in [6.07, 6.45) is 5.99. The molecule has 4 nitrogen and oxygen atoms in total. The molecule has 122 valence electrons. The van der Waals surface area contributed by atoms with Crippen molar-refractivity contribution in [2.45, 2.75) is 19.8 Å². The largest absolute Gasteiger partial charge is 0.358 e. The number of hydrogen-bond acceptors (Lipinski definition) is 2. The van der Waals surface area contributed by atoms with Crippen LogP contribution in [-0.4, -0.2) is 28.2 Å². The lowest BCUT2D eigenvalue weighted by molar-refractivity contribution is -0.140. The van der Waals surface area contributed by atoms with E-state index in [1.54, 1.807) is 0 Å². The van der Waals surface area contributed by atoms with Crippen LogP contribution in [0.5, 0.6) is 0 Å². The smallest absolute Gasteiger partial charge is 0.233 e. The van der Waals surface area contributed by atoms with Gasteiger partial charge in [0.25, 0.3) is 0 Å². The van der Waals surface area contributed by atoms with Crippen molar-refractivity contribution in [1.82, 2.24) is 9.88 Å². The maximum Gasteiger partial charge on any atom is 0.233 e. The summed E-state index contributed by atoms with van der Waals surface area (Å²) < 4.78 is 0. The SMILES string of the molecule is Cc1[nH]c2ccccc2c1CCN1C(=O)[C@@H]2[C@@H](C1=O)[C@H]1C=C[C@@H]2C1. The lowest BCUT2D eigenvalue weighted by atomic mass is 9.85. The second-order valence-corrected chi connectivity index (χ2v) is 7.35. The Balaban J connectivity index is 1.40. The molecule has 4 atom stereocenters. The van der Waals surface area contributed by atoms with Gasteiger partial charge in [-0.25, -0.2) is 0 Å². The van der Waals surface area contributed by atoms with Gasteiger partial charge >= 0.3 is 0 Å². The van der Waals surface area contributed by atoms with Gasteiger partial charge in [0.05, 0.1) is 11.8 Å². The maximum atomic E-state index is 12.8. The first-order chi connectivity index (χ1) is 11.6. The number of aromatic nitrogens is 1. The first kappa shape index (κ1) is 14.0. The Morgan fingerprint density at radius 1 is 1.08 bits per heavy atom. The molecule has 0 radical (unpaired) electrons. The Morgan fingerprint density at radius 2 is 1.75 bits per heavy atom. The van der Waals surface area contributed by atoms with Crippen molar-refractivity contribution in [3.05, 3.63) is 47.7 Å². The van der Waals surface area contributed by atoms with Crippen LogP contribution in [0.3, 0.4) is 0 Å². The highest BCUT2D eigenvalue weighted by Crippen LogP contribution is 2.52. The third kappa shape index (κ3) is 1.74. The van der Waals surface area contributed by atoms with Crippen molar-refractivity contribution < 1.29 is 9.59 Å². The summed E-state index contributed by atoms with van der Waals surface area (Å²) in [5.41, 5.74) is 3.45. The molecule has 2 aliphatic carbocycles. The summed E-state index contributed by atoms with van der Waals surface area (Å²) in [5, 5.41) is 1.19. The van der Waals surface area contributed by atoms with Gasteiger partial charge in [-0.15, -0.1) is 0 Å². The van der Waals surface area contributed by atoms with Gasteiger partial charge in [-0.1, -0.05) is 30.4 Å². The first-order valence-corrected chi connectivity index (χ1v) is 8.75. The Labute approximate surface area is 140 Å². The van der Waals surface area contributed by atoms with Crippen molar-refractivity contribution in [3.8, 4) is 0 Å². The fourth-order valence-electron chi connectivity index (χ4n) is 5.06. The average Bonchev–Trinajstić information content (AvgIpc) is 3.30. The van der Waals surface area contributed by atoms with Gasteiger partial charge in [0.15, 0.2) is 0 Å². The van der Waals surface area contributed by atoms with E-state index in [1.807, 2.05) is 12.1 Å². The van der Waals surface area contributed by atoms with E-state index in [9.17, 15) is 9.59 Å². The summed E-state index contributed by atoms with van der Waals surface area (Å²) in [6, 6.07) is 8.20. The maximum absolute atomic E-state index is 12.8. The van der Waals surface area contributed by atoms with Crippen LogP contribution in [0.15, 0.2) is 36.4 Å². The minimum absolute atomic E-state index is 0.0549. The van der Waals surface area contributed by atoms with E-state index in [4.69, 9.17) is 0 Å². The third-order valence-corrected chi connectivity index (χ3v) is 6.17. The molecular formula is C20H20N2O2. The number of rotatable bonds is 3. The number of nitrogens with one attached hydrogen (secondary N) is 1. The predicted molar refractivity (Wildman–Crippen MR) is 91.2 cm³/mol. The van der Waals surface area contributed by atoms with Crippen molar-refractivity contribution >= 4 is 22.7 Å². The molecule has 1 aromatic carbocycles. The van der Waals surface area contributed by atoms with Gasteiger partial charge in [0.2, 0.25) is 11.8 Å². The second kappa shape index (κ2) is 4.82. The Morgan fingerprint density at radius 3 is 2.46 bits per heavy atom. The van der Waals surface area contributed by atoms with E-state index in [1.165, 1.54) is 15.8 Å². The Kier molecular flexibility index (Phi) is 2.82. The van der Waals surface area contributed by atoms with Crippen LogP contribution in [0.4, 0.5) is 0 Å². The number of H-pyrrole nitrogens is 1. The van der Waals surface area contributed by atoms with Crippen LogP contribution in [0.1, 0.15) is 17.7 Å². The van der Waals surface area contributed by atoms with Crippen LogP contribution in [0.2, 0.25) is 0 Å². The molecule has 2 fully saturated rings. The van der Waals surface area contributed by atoms with Gasteiger partial charge in [-0.2, -0.15) is 0 Å². The highest BCUT2D eigenvalue weighted by atomic mass is 16.2. The predicted octanol–water partition coefficient (Wildman–Crippen LogP) is 2.83. The van der Waals surface area contributed by atoms with E-state index in [0.717, 1.165) is 24.1 Å². The summed E-state index contributed by atoms with van der Waals surface area (Å²) in [5.74, 6) is 0.513. The minimum atomic E-state index is -0.0865. The van der Waals surface area contributed by atoms with Crippen LogP contribution >= 0.6 is 0 Å². The van der Waals surface area contributed by atoms with E-state index < -0.39 is 0 Å². The van der Waals surface area contributed by atoms with Crippen LogP contribution in [0.25, 0.3) is 10.9 Å². The Bertz CT molecular complexity index is 864. The number of carbonyl (C=O) groups is 2. The van der Waals surface area contributed by atoms with E-state index in [0.29, 0.717) is 6.54 Å². The number of hydrogen-bond donors (Lipinski definition) is 1. The van der Waals surface area contributed by atoms with Gasteiger partial charge in [0.1, 0.15) is 0 Å². The minimum Gasteiger partial charge on any atom is -0.358 e. The quantitative estimate of drug-likeness (QED) is 0.698. The molecule has 2 amide bonds. The van der Waals surface area contributed by atoms with Gasteiger partial charge in [0, 0.05) is 23.1 Å². The molecule has 2 bridgehead atoms. The molecule has 1 saturated carbocycles. The summed E-state index contributed by atoms with van der Waals surface area (Å²) in [7, 11) is 0. The number of carbonyl (C=O) groups excluding carboxylic acids is 2. The lowest BCUT2D eigenvalue weighted by Crippen LogP contribution is -2.34. The standard InChI is InChI=1S/C20H20N2O2/c1-11-14(15-4-2-3-5-16(15)21-11)8-9-22-19(23)17-12-6-7-13(10-12)18(17)20(22)24/h2-7,12-13,17-18,21H,8-10H2,1H3/t12-,13+,17-,18-/m0/s1. The molecule has 2 heterocycles. The molecule has 2 aromatic rings. The average molecular weight is 320 g/mol. The van der Waals surface area contributed by atoms with Crippen molar-refractivity contribution in [2.24, 2.45) is 23.7 Å². The molecular weight excluding hydrogens is 300 g/mol. The molecule has 3 aliphatic rings. The van der Waals surface area contributed by atoms with Crippen molar-refractivity contribution in [1.29, 1.82) is 0 Å². The number of para-hydroxylation sites is 1.